The Balaban J connectivity index is 1.74. The Morgan fingerprint density at radius 1 is 1.43 bits per heavy atom. The molecular formula is C15H22N4OS. The molecule has 114 valence electrons. The van der Waals surface area contributed by atoms with Crippen LogP contribution in [0.1, 0.15) is 43.2 Å². The first kappa shape index (κ1) is 15.8. The molecule has 0 radical (unpaired) electrons. The summed E-state index contributed by atoms with van der Waals surface area (Å²) < 4.78 is 0. The van der Waals surface area contributed by atoms with Crippen molar-refractivity contribution in [1.82, 2.24) is 10.3 Å². The number of rotatable bonds is 4. The van der Waals surface area contributed by atoms with Gasteiger partial charge in [-0.05, 0) is 44.9 Å². The summed E-state index contributed by atoms with van der Waals surface area (Å²) >= 11 is 1.51. The molecule has 0 spiro atoms. The number of anilines is 1. The topological polar surface area (TPSA) is 77.8 Å². The fourth-order valence-electron chi connectivity index (χ4n) is 2.68. The molecule has 5 nitrogen and oxygen atoms in total. The van der Waals surface area contributed by atoms with E-state index in [2.05, 4.69) is 28.6 Å². The standard InChI is InChI=1S/C15H22N4OS/c1-3-13-10(2)21-15(18-13)19-14(20)17-9-12-6-4-11(8-16)5-7-12/h11-12H,3-7,9H2,1-2H3,(H2,17,18,19,20). The number of amides is 2. The lowest BCUT2D eigenvalue weighted by Gasteiger charge is -2.24. The van der Waals surface area contributed by atoms with Crippen molar-refractivity contribution in [2.24, 2.45) is 11.8 Å². The van der Waals surface area contributed by atoms with Gasteiger partial charge in [0.25, 0.3) is 0 Å². The minimum atomic E-state index is -0.186. The molecule has 0 unspecified atom stereocenters. The molecule has 1 aromatic heterocycles. The Morgan fingerprint density at radius 2 is 2.14 bits per heavy atom. The maximum atomic E-state index is 11.9. The van der Waals surface area contributed by atoms with Gasteiger partial charge in [0, 0.05) is 17.3 Å². The highest BCUT2D eigenvalue weighted by Crippen LogP contribution is 2.27. The van der Waals surface area contributed by atoms with E-state index in [1.165, 1.54) is 11.3 Å². The monoisotopic (exact) mass is 306 g/mol. The number of thiazole rings is 1. The molecule has 0 aromatic carbocycles. The van der Waals surface area contributed by atoms with Crippen LogP contribution < -0.4 is 10.6 Å². The van der Waals surface area contributed by atoms with Crippen molar-refractivity contribution in [3.05, 3.63) is 10.6 Å². The van der Waals surface area contributed by atoms with Gasteiger partial charge in [0.2, 0.25) is 0 Å². The van der Waals surface area contributed by atoms with Crippen LogP contribution in [0.15, 0.2) is 0 Å². The molecule has 2 amide bonds. The van der Waals surface area contributed by atoms with Crippen LogP contribution in [-0.4, -0.2) is 17.6 Å². The molecule has 2 N–H and O–H groups in total. The van der Waals surface area contributed by atoms with Crippen molar-refractivity contribution >= 4 is 22.5 Å². The van der Waals surface area contributed by atoms with Gasteiger partial charge >= 0.3 is 6.03 Å². The molecule has 1 fully saturated rings. The lowest BCUT2D eigenvalue weighted by atomic mass is 9.83. The zero-order chi connectivity index (χ0) is 15.2. The van der Waals surface area contributed by atoms with E-state index >= 15 is 0 Å². The van der Waals surface area contributed by atoms with Gasteiger partial charge in [-0.3, -0.25) is 5.32 Å². The zero-order valence-electron chi connectivity index (χ0n) is 12.6. The van der Waals surface area contributed by atoms with Crippen molar-refractivity contribution in [2.45, 2.75) is 46.0 Å². The number of aromatic nitrogens is 1. The van der Waals surface area contributed by atoms with Crippen LogP contribution in [-0.2, 0) is 6.42 Å². The first-order valence-electron chi connectivity index (χ1n) is 7.53. The number of urea groups is 1. The molecular weight excluding hydrogens is 284 g/mol. The fourth-order valence-corrected chi connectivity index (χ4v) is 3.58. The van der Waals surface area contributed by atoms with Gasteiger partial charge in [0.1, 0.15) is 0 Å². The number of hydrogen-bond acceptors (Lipinski definition) is 4. The van der Waals surface area contributed by atoms with Crippen molar-refractivity contribution in [3.8, 4) is 6.07 Å². The van der Waals surface area contributed by atoms with E-state index in [0.717, 1.165) is 42.7 Å². The summed E-state index contributed by atoms with van der Waals surface area (Å²) in [7, 11) is 0. The molecule has 1 saturated carbocycles. The lowest BCUT2D eigenvalue weighted by molar-refractivity contribution is 0.245. The number of carbonyl (C=O) groups excluding carboxylic acids is 1. The summed E-state index contributed by atoms with van der Waals surface area (Å²) in [5.41, 5.74) is 1.05. The minimum Gasteiger partial charge on any atom is -0.338 e. The van der Waals surface area contributed by atoms with E-state index in [4.69, 9.17) is 5.26 Å². The SMILES string of the molecule is CCc1nc(NC(=O)NCC2CCC(C#N)CC2)sc1C. The molecule has 1 aliphatic rings. The van der Waals surface area contributed by atoms with Crippen molar-refractivity contribution in [3.63, 3.8) is 0 Å². The van der Waals surface area contributed by atoms with Gasteiger partial charge < -0.3 is 5.32 Å². The summed E-state index contributed by atoms with van der Waals surface area (Å²) in [6.45, 7) is 4.76. The molecule has 1 aromatic rings. The van der Waals surface area contributed by atoms with Crippen molar-refractivity contribution in [2.75, 3.05) is 11.9 Å². The van der Waals surface area contributed by atoms with E-state index < -0.39 is 0 Å². The van der Waals surface area contributed by atoms with E-state index in [9.17, 15) is 4.79 Å². The molecule has 0 bridgehead atoms. The predicted octanol–water partition coefficient (Wildman–Crippen LogP) is 3.47. The Labute approximate surface area is 129 Å². The number of nitriles is 1. The Hall–Kier alpha value is -1.61. The summed E-state index contributed by atoms with van der Waals surface area (Å²) in [5.74, 6) is 0.699. The third-order valence-corrected chi connectivity index (χ3v) is 4.96. The van der Waals surface area contributed by atoms with Crippen molar-refractivity contribution in [1.29, 1.82) is 5.26 Å². The van der Waals surface area contributed by atoms with Crippen LogP contribution in [0, 0.1) is 30.1 Å². The van der Waals surface area contributed by atoms with Crippen LogP contribution in [0.2, 0.25) is 0 Å². The average molecular weight is 306 g/mol. The molecule has 0 saturated heterocycles. The Morgan fingerprint density at radius 3 is 2.71 bits per heavy atom. The van der Waals surface area contributed by atoms with E-state index in [-0.39, 0.29) is 11.9 Å². The molecule has 1 aliphatic carbocycles. The number of aryl methyl sites for hydroxylation is 2. The van der Waals surface area contributed by atoms with Crippen LogP contribution >= 0.6 is 11.3 Å². The van der Waals surface area contributed by atoms with E-state index in [1.54, 1.807) is 0 Å². The first-order valence-corrected chi connectivity index (χ1v) is 8.34. The summed E-state index contributed by atoms with van der Waals surface area (Å²) in [6.07, 6.45) is 4.84. The molecule has 21 heavy (non-hydrogen) atoms. The lowest BCUT2D eigenvalue weighted by Crippen LogP contribution is -2.34. The van der Waals surface area contributed by atoms with Gasteiger partial charge in [0.15, 0.2) is 5.13 Å². The second-order valence-corrected chi connectivity index (χ2v) is 6.76. The number of nitrogens with one attached hydrogen (secondary N) is 2. The van der Waals surface area contributed by atoms with Gasteiger partial charge in [-0.25, -0.2) is 9.78 Å². The molecule has 0 aliphatic heterocycles. The van der Waals surface area contributed by atoms with Crippen LogP contribution in [0.5, 0.6) is 0 Å². The maximum absolute atomic E-state index is 11.9. The maximum Gasteiger partial charge on any atom is 0.321 e. The molecule has 2 rings (SSSR count). The highest BCUT2D eigenvalue weighted by atomic mass is 32.1. The summed E-state index contributed by atoms with van der Waals surface area (Å²) in [5, 5.41) is 15.2. The van der Waals surface area contributed by atoms with E-state index in [0.29, 0.717) is 17.6 Å². The normalized spacial score (nSPS) is 21.6. The second kappa shape index (κ2) is 7.41. The van der Waals surface area contributed by atoms with Crippen LogP contribution in [0.4, 0.5) is 9.93 Å². The molecule has 6 heteroatoms. The van der Waals surface area contributed by atoms with Gasteiger partial charge in [0.05, 0.1) is 11.8 Å². The van der Waals surface area contributed by atoms with Crippen LogP contribution in [0.3, 0.4) is 0 Å². The number of carbonyl (C=O) groups is 1. The van der Waals surface area contributed by atoms with Crippen LogP contribution in [0.25, 0.3) is 0 Å². The third-order valence-electron chi connectivity index (χ3n) is 4.03. The molecule has 1 heterocycles. The average Bonchev–Trinajstić information content (AvgIpc) is 2.85. The smallest absolute Gasteiger partial charge is 0.321 e. The quantitative estimate of drug-likeness (QED) is 0.894. The first-order chi connectivity index (χ1) is 10.1. The third kappa shape index (κ3) is 4.43. The predicted molar refractivity (Wildman–Crippen MR) is 84.3 cm³/mol. The summed E-state index contributed by atoms with van der Waals surface area (Å²) in [6, 6.07) is 2.14. The zero-order valence-corrected chi connectivity index (χ0v) is 13.4. The van der Waals surface area contributed by atoms with Gasteiger partial charge in [-0.1, -0.05) is 6.92 Å². The highest BCUT2D eigenvalue weighted by molar-refractivity contribution is 7.15. The van der Waals surface area contributed by atoms with Gasteiger partial charge in [-0.15, -0.1) is 11.3 Å². The fraction of sp³-hybridized carbons (Fsp3) is 0.667. The summed E-state index contributed by atoms with van der Waals surface area (Å²) in [4.78, 5) is 17.4. The number of hydrogen-bond donors (Lipinski definition) is 2. The second-order valence-electron chi connectivity index (χ2n) is 5.56. The minimum absolute atomic E-state index is 0.186. The number of nitrogens with zero attached hydrogens (tertiary/aromatic N) is 2. The van der Waals surface area contributed by atoms with Crippen molar-refractivity contribution < 1.29 is 4.79 Å². The van der Waals surface area contributed by atoms with E-state index in [1.807, 2.05) is 6.92 Å². The Kier molecular flexibility index (Phi) is 5.57. The molecule has 0 atom stereocenters. The largest absolute Gasteiger partial charge is 0.338 e. The Bertz CT molecular complexity index is 526. The highest BCUT2D eigenvalue weighted by Gasteiger charge is 2.21. The van der Waals surface area contributed by atoms with Gasteiger partial charge in [-0.2, -0.15) is 5.26 Å².